The van der Waals surface area contributed by atoms with Crippen molar-refractivity contribution in [3.63, 3.8) is 0 Å². The molecule has 0 spiro atoms. The molecule has 0 unspecified atom stereocenters. The van der Waals surface area contributed by atoms with Gasteiger partial charge in [0.1, 0.15) is 6.61 Å². The van der Waals surface area contributed by atoms with Crippen LogP contribution in [0, 0.1) is 20.8 Å². The normalized spacial score (nSPS) is 10.6. The number of thiophene rings is 1. The highest BCUT2D eigenvalue weighted by atomic mass is 32.1. The summed E-state index contributed by atoms with van der Waals surface area (Å²) >= 11 is 1.47. The molecule has 6 heteroatoms. The number of aromatic nitrogens is 1. The number of nitrogens with zero attached hydrogens (tertiary/aromatic N) is 1. The molecule has 0 aliphatic rings. The molecule has 2 aromatic heterocycles. The van der Waals surface area contributed by atoms with Crippen molar-refractivity contribution in [2.75, 3.05) is 6.61 Å². The smallest absolute Gasteiger partial charge is 0.341 e. The lowest BCUT2D eigenvalue weighted by molar-refractivity contribution is 0.0472. The van der Waals surface area contributed by atoms with E-state index in [-0.39, 0.29) is 13.2 Å². The Labute approximate surface area is 174 Å². The number of hydrogen-bond acceptors (Lipinski definition) is 6. The van der Waals surface area contributed by atoms with Crippen LogP contribution < -0.4 is 0 Å². The third-order valence-corrected chi connectivity index (χ3v) is 5.58. The van der Waals surface area contributed by atoms with Gasteiger partial charge in [0.05, 0.1) is 29.1 Å². The molecular formula is C23H23NO4S. The molecule has 3 rings (SSSR count). The predicted molar refractivity (Wildman–Crippen MR) is 113 cm³/mol. The Hall–Kier alpha value is -2.99. The second-order valence-corrected chi connectivity index (χ2v) is 7.54. The molecule has 1 aromatic carbocycles. The van der Waals surface area contributed by atoms with E-state index in [2.05, 4.69) is 4.98 Å². The highest BCUT2D eigenvalue weighted by molar-refractivity contribution is 7.13. The van der Waals surface area contributed by atoms with Gasteiger partial charge in [-0.25, -0.2) is 9.59 Å². The van der Waals surface area contributed by atoms with Gasteiger partial charge < -0.3 is 9.47 Å². The van der Waals surface area contributed by atoms with Crippen LogP contribution in [0.5, 0.6) is 0 Å². The minimum absolute atomic E-state index is 0.143. The maximum atomic E-state index is 13.1. The van der Waals surface area contributed by atoms with Crippen molar-refractivity contribution in [1.29, 1.82) is 0 Å². The molecule has 0 N–H and O–H groups in total. The maximum Gasteiger partial charge on any atom is 0.341 e. The summed E-state index contributed by atoms with van der Waals surface area (Å²) in [4.78, 5) is 31.1. The topological polar surface area (TPSA) is 65.5 Å². The largest absolute Gasteiger partial charge is 0.462 e. The second-order valence-electron chi connectivity index (χ2n) is 6.62. The first-order chi connectivity index (χ1) is 13.9. The molecule has 0 saturated carbocycles. The minimum Gasteiger partial charge on any atom is -0.462 e. The number of carbonyl (C=O) groups excluding carboxylic acids is 2. The van der Waals surface area contributed by atoms with E-state index in [1.807, 2.05) is 48.7 Å². The Kier molecular flexibility index (Phi) is 6.44. The third-order valence-electron chi connectivity index (χ3n) is 4.54. The summed E-state index contributed by atoms with van der Waals surface area (Å²) in [5.41, 5.74) is 4.08. The SMILES string of the molecule is CCOC(=O)c1c(C)nc(C)c(C(=O)OCc2ccccc2)c1-c1sccc1C. The Balaban J connectivity index is 2.12. The fourth-order valence-electron chi connectivity index (χ4n) is 3.20. The summed E-state index contributed by atoms with van der Waals surface area (Å²) < 4.78 is 10.8. The zero-order chi connectivity index (χ0) is 21.0. The van der Waals surface area contributed by atoms with Crippen molar-refractivity contribution >= 4 is 23.3 Å². The van der Waals surface area contributed by atoms with Gasteiger partial charge in [-0.1, -0.05) is 30.3 Å². The summed E-state index contributed by atoms with van der Waals surface area (Å²) in [6.45, 7) is 7.59. The number of carbonyl (C=O) groups is 2. The van der Waals surface area contributed by atoms with E-state index in [0.29, 0.717) is 28.1 Å². The fraction of sp³-hybridized carbons (Fsp3) is 0.261. The van der Waals surface area contributed by atoms with Crippen LogP contribution in [0.2, 0.25) is 0 Å². The number of rotatable bonds is 6. The first kappa shape index (κ1) is 20.7. The molecule has 2 heterocycles. The van der Waals surface area contributed by atoms with E-state index >= 15 is 0 Å². The Morgan fingerprint density at radius 2 is 1.55 bits per heavy atom. The number of benzene rings is 1. The Bertz CT molecular complexity index is 1040. The molecule has 150 valence electrons. The van der Waals surface area contributed by atoms with Crippen molar-refractivity contribution in [2.24, 2.45) is 0 Å². The van der Waals surface area contributed by atoms with Crippen molar-refractivity contribution < 1.29 is 19.1 Å². The highest BCUT2D eigenvalue weighted by Crippen LogP contribution is 2.37. The van der Waals surface area contributed by atoms with E-state index in [9.17, 15) is 9.59 Å². The van der Waals surface area contributed by atoms with Crippen molar-refractivity contribution in [2.45, 2.75) is 34.3 Å². The van der Waals surface area contributed by atoms with Crippen molar-refractivity contribution in [1.82, 2.24) is 4.98 Å². The van der Waals surface area contributed by atoms with Crippen LogP contribution in [0.3, 0.4) is 0 Å². The lowest BCUT2D eigenvalue weighted by Gasteiger charge is -2.17. The predicted octanol–water partition coefficient (Wildman–Crippen LogP) is 5.27. The molecule has 0 atom stereocenters. The van der Waals surface area contributed by atoms with Gasteiger partial charge in [-0.3, -0.25) is 4.98 Å². The summed E-state index contributed by atoms with van der Waals surface area (Å²) in [5, 5.41) is 1.93. The van der Waals surface area contributed by atoms with Gasteiger partial charge >= 0.3 is 11.9 Å². The number of ether oxygens (including phenoxy) is 2. The monoisotopic (exact) mass is 409 g/mol. The van der Waals surface area contributed by atoms with Crippen LogP contribution >= 0.6 is 11.3 Å². The van der Waals surface area contributed by atoms with Gasteiger partial charge in [0.15, 0.2) is 0 Å². The van der Waals surface area contributed by atoms with Gasteiger partial charge in [0.2, 0.25) is 0 Å². The molecule has 3 aromatic rings. The van der Waals surface area contributed by atoms with E-state index < -0.39 is 11.9 Å². The molecule has 29 heavy (non-hydrogen) atoms. The van der Waals surface area contributed by atoms with Crippen molar-refractivity contribution in [3.8, 4) is 10.4 Å². The second kappa shape index (κ2) is 9.01. The molecular weight excluding hydrogens is 386 g/mol. The Morgan fingerprint density at radius 1 is 0.931 bits per heavy atom. The molecule has 0 bridgehead atoms. The van der Waals surface area contributed by atoms with E-state index in [1.165, 1.54) is 11.3 Å². The van der Waals surface area contributed by atoms with Crippen LogP contribution in [0.15, 0.2) is 41.8 Å². The van der Waals surface area contributed by atoms with Crippen LogP contribution in [0.1, 0.15) is 50.2 Å². The molecule has 0 aliphatic heterocycles. The molecule has 0 amide bonds. The summed E-state index contributed by atoms with van der Waals surface area (Å²) in [6.07, 6.45) is 0. The summed E-state index contributed by atoms with van der Waals surface area (Å²) in [7, 11) is 0. The quantitative estimate of drug-likeness (QED) is 0.519. The molecule has 0 saturated heterocycles. The lowest BCUT2D eigenvalue weighted by atomic mass is 9.95. The summed E-state index contributed by atoms with van der Waals surface area (Å²) in [6, 6.07) is 11.4. The van der Waals surface area contributed by atoms with Crippen LogP contribution in [0.4, 0.5) is 0 Å². The highest BCUT2D eigenvalue weighted by Gasteiger charge is 2.29. The Morgan fingerprint density at radius 3 is 2.10 bits per heavy atom. The zero-order valence-electron chi connectivity index (χ0n) is 16.9. The molecule has 0 radical (unpaired) electrons. The van der Waals surface area contributed by atoms with Gasteiger partial charge in [-0.2, -0.15) is 0 Å². The fourth-order valence-corrected chi connectivity index (χ4v) is 4.19. The number of hydrogen-bond donors (Lipinski definition) is 0. The van der Waals surface area contributed by atoms with Crippen LogP contribution in [-0.4, -0.2) is 23.5 Å². The summed E-state index contributed by atoms with van der Waals surface area (Å²) in [5.74, 6) is -0.996. The van der Waals surface area contributed by atoms with Crippen LogP contribution in [0.25, 0.3) is 10.4 Å². The van der Waals surface area contributed by atoms with E-state index in [4.69, 9.17) is 9.47 Å². The van der Waals surface area contributed by atoms with E-state index in [1.54, 1.807) is 20.8 Å². The molecule has 0 fully saturated rings. The number of aryl methyl sites for hydroxylation is 3. The average Bonchev–Trinajstić information content (AvgIpc) is 3.12. The van der Waals surface area contributed by atoms with Crippen LogP contribution in [-0.2, 0) is 16.1 Å². The van der Waals surface area contributed by atoms with Gasteiger partial charge in [0, 0.05) is 10.4 Å². The standard InChI is InChI=1S/C23H23NO4S/c1-5-27-22(25)18-15(3)24-16(4)19(20(18)21-14(2)11-12-29-21)23(26)28-13-17-9-7-6-8-10-17/h6-12H,5,13H2,1-4H3. The maximum absolute atomic E-state index is 13.1. The first-order valence-electron chi connectivity index (χ1n) is 9.37. The lowest BCUT2D eigenvalue weighted by Crippen LogP contribution is -2.17. The zero-order valence-corrected chi connectivity index (χ0v) is 17.8. The van der Waals surface area contributed by atoms with Gasteiger partial charge in [-0.15, -0.1) is 11.3 Å². The van der Waals surface area contributed by atoms with Gasteiger partial charge in [-0.05, 0) is 50.3 Å². The first-order valence-corrected chi connectivity index (χ1v) is 10.3. The molecule has 5 nitrogen and oxygen atoms in total. The number of pyridine rings is 1. The average molecular weight is 410 g/mol. The third kappa shape index (κ3) is 4.38. The van der Waals surface area contributed by atoms with Crippen molar-refractivity contribution in [3.05, 3.63) is 75.4 Å². The number of esters is 2. The molecule has 0 aliphatic carbocycles. The van der Waals surface area contributed by atoms with Gasteiger partial charge in [0.25, 0.3) is 0 Å². The minimum atomic E-state index is -0.507. The van der Waals surface area contributed by atoms with E-state index in [0.717, 1.165) is 16.0 Å².